The van der Waals surface area contributed by atoms with E-state index in [1.807, 2.05) is 18.2 Å². The molecule has 0 aliphatic rings. The van der Waals surface area contributed by atoms with E-state index in [9.17, 15) is 10.0 Å². The van der Waals surface area contributed by atoms with E-state index in [2.05, 4.69) is 10.3 Å². The predicted octanol–water partition coefficient (Wildman–Crippen LogP) is 2.67. The molecule has 1 N–H and O–H groups in total. The lowest BCUT2D eigenvalue weighted by Gasteiger charge is -2.03. The Morgan fingerprint density at radius 1 is 1.43 bits per heavy atom. The van der Waals surface area contributed by atoms with Crippen molar-refractivity contribution in [2.24, 2.45) is 0 Å². The third-order valence-corrected chi connectivity index (χ3v) is 4.93. The number of amides is 1. The van der Waals surface area contributed by atoms with Crippen molar-refractivity contribution in [3.8, 4) is 5.75 Å². The summed E-state index contributed by atoms with van der Waals surface area (Å²) in [6.07, 6.45) is 1.40. The van der Waals surface area contributed by atoms with Crippen LogP contribution in [0.2, 0.25) is 0 Å². The first-order valence-corrected chi connectivity index (χ1v) is 8.51. The Hall–Kier alpha value is -2.32. The molecule has 2 aromatic heterocycles. The van der Waals surface area contributed by atoms with Gasteiger partial charge in [-0.1, -0.05) is 11.3 Å². The molecule has 0 unspecified atom stereocenters. The molecule has 8 heteroatoms. The van der Waals surface area contributed by atoms with E-state index in [1.54, 1.807) is 25.3 Å². The average molecular weight is 347 g/mol. The number of anilines is 1. The number of fused-ring (bicyclic) bond motifs is 1. The van der Waals surface area contributed by atoms with Crippen molar-refractivity contribution >= 4 is 44.4 Å². The van der Waals surface area contributed by atoms with Crippen molar-refractivity contribution in [1.29, 1.82) is 0 Å². The van der Waals surface area contributed by atoms with Crippen molar-refractivity contribution in [2.45, 2.75) is 5.03 Å². The molecule has 118 valence electrons. The lowest BCUT2D eigenvalue weighted by Crippen LogP contribution is -2.28. The highest BCUT2D eigenvalue weighted by Crippen LogP contribution is 2.29. The SMILES string of the molecule is COc1ccc2nc(NC(=O)CSc3cccc[n+]3[O-])sc2c1. The van der Waals surface area contributed by atoms with Gasteiger partial charge in [-0.15, -0.1) is 0 Å². The van der Waals surface area contributed by atoms with E-state index < -0.39 is 0 Å². The van der Waals surface area contributed by atoms with Crippen LogP contribution in [0.1, 0.15) is 0 Å². The minimum Gasteiger partial charge on any atom is -0.618 e. The Morgan fingerprint density at radius 3 is 3.09 bits per heavy atom. The molecule has 0 aliphatic heterocycles. The number of thiazole rings is 1. The molecular formula is C15H13N3O3S2. The first-order valence-electron chi connectivity index (χ1n) is 6.71. The largest absolute Gasteiger partial charge is 0.618 e. The van der Waals surface area contributed by atoms with Gasteiger partial charge in [0, 0.05) is 12.1 Å². The number of aromatic nitrogens is 2. The van der Waals surface area contributed by atoms with Crippen molar-refractivity contribution in [3.63, 3.8) is 0 Å². The van der Waals surface area contributed by atoms with Gasteiger partial charge < -0.3 is 15.3 Å². The van der Waals surface area contributed by atoms with Gasteiger partial charge in [-0.3, -0.25) is 4.79 Å². The highest BCUT2D eigenvalue weighted by molar-refractivity contribution is 7.99. The number of ether oxygens (including phenoxy) is 1. The average Bonchev–Trinajstić information content (AvgIpc) is 2.95. The number of nitrogens with one attached hydrogen (secondary N) is 1. The van der Waals surface area contributed by atoms with Gasteiger partial charge in [0.2, 0.25) is 5.91 Å². The van der Waals surface area contributed by atoms with Crippen LogP contribution in [0.25, 0.3) is 10.2 Å². The van der Waals surface area contributed by atoms with Crippen molar-refractivity contribution in [1.82, 2.24) is 4.98 Å². The van der Waals surface area contributed by atoms with Crippen molar-refractivity contribution < 1.29 is 14.3 Å². The minimum atomic E-state index is -0.204. The van der Waals surface area contributed by atoms with Crippen LogP contribution < -0.4 is 14.8 Å². The number of benzene rings is 1. The molecule has 6 nitrogen and oxygen atoms in total. The van der Waals surface area contributed by atoms with Crippen LogP contribution in [-0.2, 0) is 4.79 Å². The van der Waals surface area contributed by atoms with E-state index in [4.69, 9.17) is 4.74 Å². The Bertz CT molecular complexity index is 851. The molecule has 2 heterocycles. The van der Waals surface area contributed by atoms with Crippen LogP contribution in [0.5, 0.6) is 5.75 Å². The second kappa shape index (κ2) is 6.84. The standard InChI is InChI=1S/C15H13N3O3S2/c1-21-10-5-6-11-12(8-10)23-15(16-11)17-13(19)9-22-14-4-2-3-7-18(14)20/h2-8H,9H2,1H3,(H,16,17,19). The molecule has 0 bridgehead atoms. The summed E-state index contributed by atoms with van der Waals surface area (Å²) in [7, 11) is 1.61. The van der Waals surface area contributed by atoms with Crippen molar-refractivity contribution in [3.05, 3.63) is 47.8 Å². The van der Waals surface area contributed by atoms with Crippen LogP contribution in [0.15, 0.2) is 47.6 Å². The van der Waals surface area contributed by atoms with E-state index >= 15 is 0 Å². The maximum atomic E-state index is 12.0. The first-order chi connectivity index (χ1) is 11.2. The smallest absolute Gasteiger partial charge is 0.251 e. The molecule has 0 spiro atoms. The number of rotatable bonds is 5. The van der Waals surface area contributed by atoms with Gasteiger partial charge in [0.05, 0.1) is 23.1 Å². The van der Waals surface area contributed by atoms with E-state index in [-0.39, 0.29) is 11.7 Å². The maximum absolute atomic E-state index is 12.0. The number of carbonyl (C=O) groups is 1. The zero-order valence-corrected chi connectivity index (χ0v) is 13.8. The molecule has 0 radical (unpaired) electrons. The summed E-state index contributed by atoms with van der Waals surface area (Å²) in [5, 5.41) is 15.3. The van der Waals surface area contributed by atoms with Gasteiger partial charge in [-0.25, -0.2) is 4.98 Å². The van der Waals surface area contributed by atoms with Crippen LogP contribution in [0.4, 0.5) is 5.13 Å². The summed E-state index contributed by atoms with van der Waals surface area (Å²) < 4.78 is 6.84. The predicted molar refractivity (Wildman–Crippen MR) is 90.9 cm³/mol. The number of carbonyl (C=O) groups excluding carboxylic acids is 1. The second-order valence-corrected chi connectivity index (χ2v) is 6.58. The summed E-state index contributed by atoms with van der Waals surface area (Å²) in [5.41, 5.74) is 0.805. The third kappa shape index (κ3) is 3.72. The molecule has 0 atom stereocenters. The molecule has 0 saturated carbocycles. The molecule has 0 fully saturated rings. The Morgan fingerprint density at radius 2 is 2.30 bits per heavy atom. The second-order valence-electron chi connectivity index (χ2n) is 4.55. The highest BCUT2D eigenvalue weighted by atomic mass is 32.2. The minimum absolute atomic E-state index is 0.144. The van der Waals surface area contributed by atoms with Crippen LogP contribution >= 0.6 is 23.1 Å². The number of thioether (sulfide) groups is 1. The van der Waals surface area contributed by atoms with Crippen LogP contribution in [0.3, 0.4) is 0 Å². The van der Waals surface area contributed by atoms with Gasteiger partial charge in [0.15, 0.2) is 11.3 Å². The van der Waals surface area contributed by atoms with E-state index in [0.29, 0.717) is 10.2 Å². The fraction of sp³-hybridized carbons (Fsp3) is 0.133. The molecule has 23 heavy (non-hydrogen) atoms. The molecule has 0 aliphatic carbocycles. The Labute approximate surface area is 140 Å². The summed E-state index contributed by atoms with van der Waals surface area (Å²) in [6, 6.07) is 10.6. The molecular weight excluding hydrogens is 334 g/mol. The lowest BCUT2D eigenvalue weighted by molar-refractivity contribution is -0.645. The van der Waals surface area contributed by atoms with Crippen LogP contribution in [-0.4, -0.2) is 23.8 Å². The molecule has 1 aromatic carbocycles. The zero-order chi connectivity index (χ0) is 16.2. The fourth-order valence-electron chi connectivity index (χ4n) is 1.90. The monoisotopic (exact) mass is 347 g/mol. The third-order valence-electron chi connectivity index (χ3n) is 2.98. The number of methoxy groups -OCH3 is 1. The van der Waals surface area contributed by atoms with E-state index in [1.165, 1.54) is 29.3 Å². The topological polar surface area (TPSA) is 78.2 Å². The summed E-state index contributed by atoms with van der Waals surface area (Å²) in [6.45, 7) is 0. The first kappa shape index (κ1) is 15.6. The van der Waals surface area contributed by atoms with Gasteiger partial charge in [-0.05, 0) is 36.0 Å². The van der Waals surface area contributed by atoms with E-state index in [0.717, 1.165) is 20.7 Å². The highest BCUT2D eigenvalue weighted by Gasteiger charge is 2.11. The summed E-state index contributed by atoms with van der Waals surface area (Å²) in [5.74, 6) is 0.689. The molecule has 3 aromatic rings. The van der Waals surface area contributed by atoms with Crippen LogP contribution in [0, 0.1) is 5.21 Å². The number of pyridine rings is 1. The van der Waals surface area contributed by atoms with Gasteiger partial charge in [0.1, 0.15) is 5.75 Å². The summed E-state index contributed by atoms with van der Waals surface area (Å²) >= 11 is 2.56. The van der Waals surface area contributed by atoms with Crippen molar-refractivity contribution in [2.75, 3.05) is 18.2 Å². The van der Waals surface area contributed by atoms with Gasteiger partial charge >= 0.3 is 0 Å². The quantitative estimate of drug-likeness (QED) is 0.436. The molecule has 1 amide bonds. The zero-order valence-electron chi connectivity index (χ0n) is 12.2. The molecule has 0 saturated heterocycles. The fourth-order valence-corrected chi connectivity index (χ4v) is 3.53. The normalized spacial score (nSPS) is 10.7. The lowest BCUT2D eigenvalue weighted by atomic mass is 10.3. The number of nitrogens with zero attached hydrogens (tertiary/aromatic N) is 2. The maximum Gasteiger partial charge on any atom is 0.251 e. The number of hydrogen-bond acceptors (Lipinski definition) is 6. The molecule has 3 rings (SSSR count). The Balaban J connectivity index is 1.64. The summed E-state index contributed by atoms with van der Waals surface area (Å²) in [4.78, 5) is 16.4. The van der Waals surface area contributed by atoms with Gasteiger partial charge in [-0.2, -0.15) is 4.73 Å². The van der Waals surface area contributed by atoms with Gasteiger partial charge in [0.25, 0.3) is 5.03 Å². The number of hydrogen-bond donors (Lipinski definition) is 1. The Kier molecular flexibility index (Phi) is 4.63.